The second-order valence-corrected chi connectivity index (χ2v) is 7.23. The molecule has 3 rings (SSSR count). The highest BCUT2D eigenvalue weighted by Gasteiger charge is 2.25. The summed E-state index contributed by atoms with van der Waals surface area (Å²) in [5.41, 5.74) is 3.26. The van der Waals surface area contributed by atoms with Crippen LogP contribution in [0.1, 0.15) is 35.2 Å². The Bertz CT molecular complexity index is 798. The van der Waals surface area contributed by atoms with Crippen molar-refractivity contribution in [2.45, 2.75) is 25.7 Å². The number of anilines is 2. The van der Waals surface area contributed by atoms with Crippen molar-refractivity contribution in [2.24, 2.45) is 5.92 Å². The summed E-state index contributed by atoms with van der Waals surface area (Å²) in [5.74, 6) is 0.0327. The van der Waals surface area contributed by atoms with E-state index < -0.39 is 0 Å². The fraction of sp³-hybridized carbons (Fsp3) is 0.364. The molecule has 0 atom stereocenters. The first kappa shape index (κ1) is 19.0. The van der Waals surface area contributed by atoms with Crippen LogP contribution in [-0.4, -0.2) is 32.5 Å². The zero-order chi connectivity index (χ0) is 19.2. The van der Waals surface area contributed by atoms with Crippen LogP contribution in [0.15, 0.2) is 48.5 Å². The van der Waals surface area contributed by atoms with Crippen molar-refractivity contribution in [1.82, 2.24) is 5.32 Å². The minimum atomic E-state index is -0.130. The van der Waals surface area contributed by atoms with Gasteiger partial charge in [-0.2, -0.15) is 0 Å². The van der Waals surface area contributed by atoms with Crippen LogP contribution in [0.25, 0.3) is 0 Å². The van der Waals surface area contributed by atoms with Crippen molar-refractivity contribution in [2.75, 3.05) is 30.9 Å². The van der Waals surface area contributed by atoms with Crippen molar-refractivity contribution in [3.8, 4) is 0 Å². The highest BCUT2D eigenvalue weighted by atomic mass is 16.2. The van der Waals surface area contributed by atoms with E-state index in [1.54, 1.807) is 6.07 Å². The molecule has 2 aromatic carbocycles. The maximum atomic E-state index is 12.7. The summed E-state index contributed by atoms with van der Waals surface area (Å²) < 4.78 is 0. The van der Waals surface area contributed by atoms with Crippen LogP contribution < -0.4 is 15.5 Å². The number of carbonyl (C=O) groups excluding carboxylic acids is 2. The molecule has 0 heterocycles. The Labute approximate surface area is 160 Å². The van der Waals surface area contributed by atoms with E-state index in [0.717, 1.165) is 31.4 Å². The van der Waals surface area contributed by atoms with Gasteiger partial charge in [-0.05, 0) is 43.0 Å². The summed E-state index contributed by atoms with van der Waals surface area (Å²) in [6.07, 6.45) is 3.80. The number of nitrogens with zero attached hydrogens (tertiary/aromatic N) is 1. The number of hydrogen-bond donors (Lipinski definition) is 2. The van der Waals surface area contributed by atoms with Crippen LogP contribution in [0.5, 0.6) is 0 Å². The first-order chi connectivity index (χ1) is 13.0. The molecule has 1 aliphatic carbocycles. The number of rotatable bonds is 7. The fourth-order valence-corrected chi connectivity index (χ4v) is 3.16. The summed E-state index contributed by atoms with van der Waals surface area (Å²) >= 11 is 0. The number of carbonyl (C=O) groups is 2. The Hall–Kier alpha value is -2.82. The van der Waals surface area contributed by atoms with E-state index in [-0.39, 0.29) is 17.7 Å². The van der Waals surface area contributed by atoms with Crippen LogP contribution in [0.2, 0.25) is 0 Å². The molecule has 1 fully saturated rings. The maximum Gasteiger partial charge on any atom is 0.253 e. The van der Waals surface area contributed by atoms with E-state index >= 15 is 0 Å². The van der Waals surface area contributed by atoms with Crippen molar-refractivity contribution >= 4 is 23.2 Å². The zero-order valence-electron chi connectivity index (χ0n) is 16.0. The van der Waals surface area contributed by atoms with Crippen molar-refractivity contribution in [1.29, 1.82) is 0 Å². The normalized spacial score (nSPS) is 13.6. The molecule has 0 spiro atoms. The molecule has 2 aromatic rings. The average molecular weight is 365 g/mol. The molecule has 142 valence electrons. The fourth-order valence-electron chi connectivity index (χ4n) is 3.16. The second kappa shape index (κ2) is 8.71. The number of benzene rings is 2. The SMILES string of the molecule is CN(C)c1ccc(NC(=O)C2CCC2)cc1C(=O)NCCc1ccccc1. The predicted octanol–water partition coefficient (Wildman–Crippen LogP) is 3.46. The van der Waals surface area contributed by atoms with Gasteiger partial charge in [-0.25, -0.2) is 0 Å². The molecular weight excluding hydrogens is 338 g/mol. The van der Waals surface area contributed by atoms with Crippen LogP contribution in [-0.2, 0) is 11.2 Å². The smallest absolute Gasteiger partial charge is 0.253 e. The maximum absolute atomic E-state index is 12.7. The molecule has 0 saturated heterocycles. The van der Waals surface area contributed by atoms with Gasteiger partial charge in [-0.15, -0.1) is 0 Å². The third-order valence-electron chi connectivity index (χ3n) is 5.01. The summed E-state index contributed by atoms with van der Waals surface area (Å²) in [5, 5.41) is 5.94. The topological polar surface area (TPSA) is 61.4 Å². The quantitative estimate of drug-likeness (QED) is 0.790. The highest BCUT2D eigenvalue weighted by molar-refractivity contribution is 6.02. The summed E-state index contributed by atoms with van der Waals surface area (Å²) in [6.45, 7) is 0.564. The van der Waals surface area contributed by atoms with Gasteiger partial charge < -0.3 is 15.5 Å². The summed E-state index contributed by atoms with van der Waals surface area (Å²) in [7, 11) is 3.81. The molecule has 1 aliphatic rings. The molecule has 0 radical (unpaired) electrons. The Kier molecular flexibility index (Phi) is 6.12. The average Bonchev–Trinajstić information content (AvgIpc) is 2.60. The van der Waals surface area contributed by atoms with Gasteiger partial charge in [-0.1, -0.05) is 36.8 Å². The van der Waals surface area contributed by atoms with Crippen molar-refractivity contribution in [3.63, 3.8) is 0 Å². The Balaban J connectivity index is 1.67. The third-order valence-corrected chi connectivity index (χ3v) is 5.01. The third kappa shape index (κ3) is 4.88. The standard InChI is InChI=1S/C22H27N3O2/c1-25(2)20-12-11-18(24-21(26)17-9-6-10-17)15-19(20)22(27)23-14-13-16-7-4-3-5-8-16/h3-5,7-8,11-12,15,17H,6,9-10,13-14H2,1-2H3,(H,23,27)(H,24,26). The van der Waals surface area contributed by atoms with Gasteiger partial charge in [0.25, 0.3) is 5.91 Å². The van der Waals surface area contributed by atoms with Gasteiger partial charge in [-0.3, -0.25) is 9.59 Å². The lowest BCUT2D eigenvalue weighted by Gasteiger charge is -2.24. The molecule has 2 amide bonds. The van der Waals surface area contributed by atoms with E-state index in [0.29, 0.717) is 17.8 Å². The van der Waals surface area contributed by atoms with Gasteiger partial charge >= 0.3 is 0 Å². The van der Waals surface area contributed by atoms with Crippen LogP contribution >= 0.6 is 0 Å². The van der Waals surface area contributed by atoms with Gasteiger partial charge in [0.15, 0.2) is 0 Å². The molecule has 27 heavy (non-hydrogen) atoms. The summed E-state index contributed by atoms with van der Waals surface area (Å²) in [4.78, 5) is 26.9. The molecule has 5 nitrogen and oxygen atoms in total. The summed E-state index contributed by atoms with van der Waals surface area (Å²) in [6, 6.07) is 15.6. The van der Waals surface area contributed by atoms with Gasteiger partial charge in [0, 0.05) is 37.9 Å². The first-order valence-electron chi connectivity index (χ1n) is 9.49. The second-order valence-electron chi connectivity index (χ2n) is 7.23. The number of hydrogen-bond acceptors (Lipinski definition) is 3. The van der Waals surface area contributed by atoms with Crippen molar-refractivity contribution < 1.29 is 9.59 Å². The molecule has 2 N–H and O–H groups in total. The number of amides is 2. The minimum Gasteiger partial charge on any atom is -0.377 e. The Morgan fingerprint density at radius 3 is 2.44 bits per heavy atom. The van der Waals surface area contributed by atoms with Crippen LogP contribution in [0.4, 0.5) is 11.4 Å². The lowest BCUT2D eigenvalue weighted by Crippen LogP contribution is -2.29. The molecule has 0 aromatic heterocycles. The molecular formula is C22H27N3O2. The van der Waals surface area contributed by atoms with E-state index in [1.165, 1.54) is 5.56 Å². The monoisotopic (exact) mass is 365 g/mol. The van der Waals surface area contributed by atoms with Crippen molar-refractivity contribution in [3.05, 3.63) is 59.7 Å². The van der Waals surface area contributed by atoms with Gasteiger partial charge in [0.1, 0.15) is 0 Å². The van der Waals surface area contributed by atoms with E-state index in [2.05, 4.69) is 10.6 Å². The Morgan fingerprint density at radius 2 is 1.81 bits per heavy atom. The highest BCUT2D eigenvalue weighted by Crippen LogP contribution is 2.29. The first-order valence-corrected chi connectivity index (χ1v) is 9.49. The predicted molar refractivity (Wildman–Crippen MR) is 109 cm³/mol. The lowest BCUT2D eigenvalue weighted by molar-refractivity contribution is -0.122. The van der Waals surface area contributed by atoms with Crippen LogP contribution in [0.3, 0.4) is 0 Å². The van der Waals surface area contributed by atoms with Gasteiger partial charge in [0.05, 0.1) is 5.56 Å². The van der Waals surface area contributed by atoms with Gasteiger partial charge in [0.2, 0.25) is 5.91 Å². The van der Waals surface area contributed by atoms with Crippen LogP contribution in [0, 0.1) is 5.92 Å². The van der Waals surface area contributed by atoms with E-state index in [4.69, 9.17) is 0 Å². The van der Waals surface area contributed by atoms with E-state index in [1.807, 2.05) is 61.5 Å². The molecule has 0 bridgehead atoms. The largest absolute Gasteiger partial charge is 0.377 e. The Morgan fingerprint density at radius 1 is 1.07 bits per heavy atom. The minimum absolute atomic E-state index is 0.0503. The lowest BCUT2D eigenvalue weighted by atomic mass is 9.85. The number of nitrogens with one attached hydrogen (secondary N) is 2. The molecule has 1 saturated carbocycles. The zero-order valence-corrected chi connectivity index (χ0v) is 16.0. The molecule has 0 aliphatic heterocycles. The molecule has 0 unspecified atom stereocenters. The molecule has 5 heteroatoms. The van der Waals surface area contributed by atoms with E-state index in [9.17, 15) is 9.59 Å².